The molecule has 0 aromatic rings. The van der Waals surface area contributed by atoms with Gasteiger partial charge in [0.1, 0.15) is 66.9 Å². The molecule has 0 aliphatic rings. The van der Waals surface area contributed by atoms with Crippen molar-refractivity contribution in [3.8, 4) is 0 Å². The minimum atomic E-state index is -0.321. The molecule has 1 unspecified atom stereocenters. The van der Waals surface area contributed by atoms with Crippen LogP contribution < -0.4 is 27.0 Å². The molecular weight excluding hydrogens is 1610 g/mol. The fourth-order valence-electron chi connectivity index (χ4n) is 10.8. The zero-order valence-electron chi connectivity index (χ0n) is 83.8. The van der Waals surface area contributed by atoms with E-state index < -0.39 is 0 Å². The first kappa shape index (κ1) is 138. The van der Waals surface area contributed by atoms with Gasteiger partial charge in [-0.1, -0.05) is 150 Å². The van der Waals surface area contributed by atoms with Crippen molar-refractivity contribution in [3.05, 3.63) is 0 Å². The van der Waals surface area contributed by atoms with Crippen molar-refractivity contribution in [2.24, 2.45) is 17.6 Å². The number of ketones is 9. The van der Waals surface area contributed by atoms with Gasteiger partial charge in [-0.3, -0.25) is 43.2 Å². The predicted octanol–water partition coefficient (Wildman–Crippen LogP) is 13.0. The highest BCUT2D eigenvalue weighted by atomic mass is 16.5. The molecule has 0 spiro atoms. The molecule has 0 fully saturated rings. The molecule has 30 heteroatoms. The number of carbonyl (C=O) groups excluding carboxylic acids is 12. The smallest absolute Gasteiger partial charge is 0.249 e. The van der Waals surface area contributed by atoms with Crippen molar-refractivity contribution < 1.29 is 105 Å². The Labute approximate surface area is 761 Å². The number of nitrogens with two attached hydrogens (primary N) is 1. The molecule has 0 bridgehead atoms. The van der Waals surface area contributed by atoms with Gasteiger partial charge >= 0.3 is 0 Å². The molecule has 1 atom stereocenters. The minimum Gasteiger partial charge on any atom is -0.385 e. The summed E-state index contributed by atoms with van der Waals surface area (Å²) in [6.07, 6.45) is 36.0. The molecule has 744 valence electrons. The lowest BCUT2D eigenvalue weighted by molar-refractivity contribution is -0.144. The lowest BCUT2D eigenvalue weighted by atomic mass is 9.96. The first-order valence-electron chi connectivity index (χ1n) is 46.8. The van der Waals surface area contributed by atoms with E-state index in [4.69, 9.17) is 53.1 Å². The first-order chi connectivity index (χ1) is 59.8. The summed E-state index contributed by atoms with van der Waals surface area (Å²) < 4.78 is 51.1. The number of nitrogens with zero attached hydrogens (tertiary/aromatic N) is 3. The van der Waals surface area contributed by atoms with Gasteiger partial charge < -0.3 is 103 Å². The number of unbranched alkanes of at least 4 members (excludes halogenated alkanes) is 18. The highest BCUT2D eigenvalue weighted by Crippen LogP contribution is 2.17. The van der Waals surface area contributed by atoms with Gasteiger partial charge in [0.25, 0.3) is 0 Å². The molecule has 3 amide bonds. The Bertz CT molecular complexity index is 2400. The predicted molar refractivity (Wildman–Crippen MR) is 506 cm³/mol. The first-order valence-corrected chi connectivity index (χ1v) is 46.8. The number of methoxy groups -OCH3 is 4. The topological polar surface area (TPSA) is 381 Å². The largest absolute Gasteiger partial charge is 0.385 e. The van der Waals surface area contributed by atoms with E-state index in [-0.39, 0.29) is 98.0 Å². The van der Waals surface area contributed by atoms with E-state index in [0.717, 1.165) is 116 Å². The van der Waals surface area contributed by atoms with Gasteiger partial charge in [0.05, 0.1) is 72.6 Å². The highest BCUT2D eigenvalue weighted by molar-refractivity contribution is 5.86. The van der Waals surface area contributed by atoms with Gasteiger partial charge in [-0.15, -0.1) is 0 Å². The summed E-state index contributed by atoms with van der Waals surface area (Å²) >= 11 is 0. The van der Waals surface area contributed by atoms with Crippen molar-refractivity contribution in [1.82, 2.24) is 36.0 Å². The summed E-state index contributed by atoms with van der Waals surface area (Å²) in [5, 5.41) is 11.8. The summed E-state index contributed by atoms with van der Waals surface area (Å²) in [7, 11) is 13.7. The van der Waals surface area contributed by atoms with Gasteiger partial charge in [0.2, 0.25) is 17.7 Å². The molecule has 6 N–H and O–H groups in total. The maximum atomic E-state index is 12.4. The van der Waals surface area contributed by atoms with Crippen LogP contribution in [0.4, 0.5) is 0 Å². The second-order valence-corrected chi connectivity index (χ2v) is 31.1. The SMILES string of the molecule is CCC(CCCCN)C(C)=O.CCCCCC(C)=O.CCCCCCCC(C)=O.CCCCCCCCCCCCCC(C)=O.CCCCOCCOCC(C)=O.CNCCC(C)=O.CNCCN(CC(C)=O)C(=O)CC(CCOC)CCOC.CNCCN(CC(C)=O)C(=O)COCC(=O)N(CCOC)CCOC.CNCCOCCOCCOCC(C)=O. The number of likely N-dealkylation sites (N-methyl/N-ethyl adjacent to an activating group) is 3. The molecular formula is C95H192N8O22. The van der Waals surface area contributed by atoms with Gasteiger partial charge in [0, 0.05) is 139 Å². The number of ether oxygens (including phenoxy) is 10. The Morgan fingerprint density at radius 1 is 0.288 bits per heavy atom. The van der Waals surface area contributed by atoms with Crippen molar-refractivity contribution in [1.29, 1.82) is 0 Å². The second-order valence-electron chi connectivity index (χ2n) is 31.1. The van der Waals surface area contributed by atoms with Crippen LogP contribution in [0.5, 0.6) is 0 Å². The molecule has 0 aliphatic carbocycles. The number of hydrogen-bond acceptors (Lipinski definition) is 27. The van der Waals surface area contributed by atoms with Crippen LogP contribution in [-0.4, -0.2) is 319 Å². The number of nitrogens with one attached hydrogen (secondary N) is 4. The Morgan fingerprint density at radius 3 is 0.952 bits per heavy atom. The molecule has 0 aliphatic heterocycles. The Morgan fingerprint density at radius 2 is 0.624 bits per heavy atom. The van der Waals surface area contributed by atoms with Crippen LogP contribution in [0.1, 0.15) is 302 Å². The monoisotopic (exact) mass is 1800 g/mol. The summed E-state index contributed by atoms with van der Waals surface area (Å²) in [5.41, 5.74) is 5.35. The average molecular weight is 1800 g/mol. The average Bonchev–Trinajstić information content (AvgIpc) is 0.913. The zero-order chi connectivity index (χ0) is 96.4. The third-order valence-electron chi connectivity index (χ3n) is 18.2. The molecule has 125 heavy (non-hydrogen) atoms. The quantitative estimate of drug-likeness (QED) is 0.0353. The van der Waals surface area contributed by atoms with Crippen LogP contribution in [0.15, 0.2) is 0 Å². The molecule has 0 saturated carbocycles. The number of Topliss-reactive ketones (excluding diaryl/α,β-unsaturated/α-hetero) is 9. The van der Waals surface area contributed by atoms with Crippen LogP contribution in [0, 0.1) is 11.8 Å². The molecule has 0 aromatic heterocycles. The van der Waals surface area contributed by atoms with E-state index in [1.54, 1.807) is 79.9 Å². The van der Waals surface area contributed by atoms with Crippen LogP contribution in [0.2, 0.25) is 0 Å². The van der Waals surface area contributed by atoms with Gasteiger partial charge in [-0.25, -0.2) is 0 Å². The fourth-order valence-corrected chi connectivity index (χ4v) is 10.8. The van der Waals surface area contributed by atoms with Crippen LogP contribution in [0.25, 0.3) is 0 Å². The molecule has 0 heterocycles. The lowest BCUT2D eigenvalue weighted by Gasteiger charge is -2.24. The molecule has 0 radical (unpaired) electrons. The van der Waals surface area contributed by atoms with E-state index in [2.05, 4.69) is 55.9 Å². The summed E-state index contributed by atoms with van der Waals surface area (Å²) in [5.74, 6) is 1.52. The zero-order valence-corrected chi connectivity index (χ0v) is 83.8. The fraction of sp³-hybridized carbons (Fsp3) is 0.874. The maximum absolute atomic E-state index is 12.4. The third kappa shape index (κ3) is 134. The van der Waals surface area contributed by atoms with E-state index in [1.165, 1.54) is 135 Å². The van der Waals surface area contributed by atoms with E-state index in [9.17, 15) is 57.5 Å². The van der Waals surface area contributed by atoms with Crippen LogP contribution >= 0.6 is 0 Å². The number of rotatable bonds is 78. The lowest BCUT2D eigenvalue weighted by Crippen LogP contribution is -2.42. The molecule has 0 aromatic carbocycles. The summed E-state index contributed by atoms with van der Waals surface area (Å²) in [4.78, 5) is 137. The highest BCUT2D eigenvalue weighted by Gasteiger charge is 2.21. The van der Waals surface area contributed by atoms with Crippen molar-refractivity contribution in [3.63, 3.8) is 0 Å². The van der Waals surface area contributed by atoms with Gasteiger partial charge in [0.15, 0.2) is 11.6 Å². The van der Waals surface area contributed by atoms with E-state index in [0.29, 0.717) is 148 Å². The Hall–Kier alpha value is -5.16. The molecule has 30 nitrogen and oxygen atoms in total. The van der Waals surface area contributed by atoms with Crippen molar-refractivity contribution in [2.45, 2.75) is 302 Å². The summed E-state index contributed by atoms with van der Waals surface area (Å²) in [6, 6.07) is 0. The van der Waals surface area contributed by atoms with Gasteiger partial charge in [-0.05, 0) is 161 Å². The minimum absolute atomic E-state index is 0.00443. The summed E-state index contributed by atoms with van der Waals surface area (Å²) in [6.45, 7) is 37.4. The second kappa shape index (κ2) is 117. The number of hydrogen-bond donors (Lipinski definition) is 5. The van der Waals surface area contributed by atoms with Crippen LogP contribution in [0.3, 0.4) is 0 Å². The molecule has 0 rings (SSSR count). The maximum Gasteiger partial charge on any atom is 0.249 e. The standard InChI is InChI=1S/C16H31N3O6.C15H30N2O4.C15H30O.C10H21NO4.C9H19NO.C9H18O3.C9H18O.C7H14O.C5H11NO/c1-14(20)11-19(6-5-17-2)16(22)13-25-12-15(21)18(7-9-23-3)8-10-24-4;1-13(18)12-17(8-7-16-2)15(19)11-14(5-9-20-3)6-10-21-4;1-3-4-5-6-7-8-9-10-11-12-13-14-15(2)16;1-10(12)9-15-8-7-14-6-5-13-4-3-11-2;1-3-9(8(2)11)6-4-5-7-10;1-3-4-5-11-6-7-12-8-9(2)10;1-3-4-5-6-7-8-9(2)10;1-3-4-5-6-7(2)8;1-5(7)3-4-6-2/h17H,5-13H2,1-4H3;14,16H,5-12H2,1-4H3;3-14H2,1-2H3;11H,3-9H2,1-2H3;9H,3-7,10H2,1-2H3;3-8H2,1-2H3;3-8H2,1-2H3;3-6H2,1-2H3;6H,3-4H2,1-2H3. The number of amides is 3. The Balaban J connectivity index is -0.000000178. The normalized spacial score (nSPS) is 10.6. The number of carbonyl (C=O) groups is 12. The third-order valence-corrected chi connectivity index (χ3v) is 18.2. The Kier molecular flexibility index (Phi) is 129. The van der Waals surface area contributed by atoms with E-state index >= 15 is 0 Å². The van der Waals surface area contributed by atoms with Crippen molar-refractivity contribution >= 4 is 69.8 Å². The van der Waals surface area contributed by atoms with E-state index in [1.807, 2.05) is 21.1 Å². The van der Waals surface area contributed by atoms with Crippen molar-refractivity contribution in [2.75, 3.05) is 234 Å². The van der Waals surface area contributed by atoms with Gasteiger partial charge in [-0.2, -0.15) is 0 Å². The molecule has 0 saturated heterocycles. The van der Waals surface area contributed by atoms with Crippen LogP contribution in [-0.2, 0) is 105 Å².